The van der Waals surface area contributed by atoms with Gasteiger partial charge in [0.1, 0.15) is 5.60 Å². The molecular formula is C6H11NO5S. The van der Waals surface area contributed by atoms with Crippen LogP contribution in [0.4, 0.5) is 4.79 Å². The average molecular weight is 209 g/mol. The van der Waals surface area contributed by atoms with Crippen LogP contribution in [0.15, 0.2) is 0 Å². The molecule has 0 aliphatic carbocycles. The Morgan fingerprint density at radius 1 is 1.46 bits per heavy atom. The fraction of sp³-hybridized carbons (Fsp3) is 0.833. The molecule has 1 rings (SSSR count). The third kappa shape index (κ3) is 2.31. The average Bonchev–Trinajstić information content (AvgIpc) is 1.80. The molecule has 1 saturated heterocycles. The van der Waals surface area contributed by atoms with Crippen LogP contribution in [0.25, 0.3) is 0 Å². The predicted molar refractivity (Wildman–Crippen MR) is 42.9 cm³/mol. The van der Waals surface area contributed by atoms with Crippen molar-refractivity contribution in [1.82, 2.24) is 4.31 Å². The van der Waals surface area contributed by atoms with Crippen molar-refractivity contribution in [2.24, 2.45) is 0 Å². The second-order valence-corrected chi connectivity index (χ2v) is 5.07. The summed E-state index contributed by atoms with van der Waals surface area (Å²) < 4.78 is 31.0. The molecule has 0 spiro atoms. The van der Waals surface area contributed by atoms with Gasteiger partial charge in [0.15, 0.2) is 6.73 Å². The maximum atomic E-state index is 11.1. The highest BCUT2D eigenvalue weighted by Gasteiger charge is 2.41. The Hall–Kier alpha value is -0.820. The molecule has 0 atom stereocenters. The fourth-order valence-electron chi connectivity index (χ4n) is 0.648. The zero-order chi connectivity index (χ0) is 10.3. The lowest BCUT2D eigenvalue weighted by Gasteiger charge is -2.31. The Bertz CT molecular complexity index is 314. The van der Waals surface area contributed by atoms with E-state index in [4.69, 9.17) is 4.74 Å². The molecule has 1 heterocycles. The lowest BCUT2D eigenvalue weighted by atomic mass is 10.2. The third-order valence-electron chi connectivity index (χ3n) is 1.19. The summed E-state index contributed by atoms with van der Waals surface area (Å²) in [6, 6.07) is 0. The Balaban J connectivity index is 2.61. The van der Waals surface area contributed by atoms with Crippen LogP contribution in [-0.2, 0) is 19.2 Å². The lowest BCUT2D eigenvalue weighted by Crippen LogP contribution is -2.50. The molecule has 0 saturated carbocycles. The van der Waals surface area contributed by atoms with Gasteiger partial charge in [-0.15, -0.1) is 0 Å². The SMILES string of the molecule is CC(C)(C)OC(=O)N1COS1(=O)=O. The number of nitrogens with zero attached hydrogens (tertiary/aromatic N) is 1. The minimum Gasteiger partial charge on any atom is -0.443 e. The molecule has 1 fully saturated rings. The van der Waals surface area contributed by atoms with Crippen LogP contribution in [-0.4, -0.2) is 31.1 Å². The summed E-state index contributed by atoms with van der Waals surface area (Å²) in [7, 11) is -3.84. The van der Waals surface area contributed by atoms with Gasteiger partial charge >= 0.3 is 16.4 Å². The van der Waals surface area contributed by atoms with Crippen molar-refractivity contribution in [3.05, 3.63) is 0 Å². The molecule has 13 heavy (non-hydrogen) atoms. The van der Waals surface area contributed by atoms with Crippen molar-refractivity contribution in [3.8, 4) is 0 Å². The maximum absolute atomic E-state index is 11.1. The summed E-state index contributed by atoms with van der Waals surface area (Å²) in [5.74, 6) is 0. The molecule has 1 amide bonds. The zero-order valence-electron chi connectivity index (χ0n) is 7.60. The number of rotatable bonds is 0. The quantitative estimate of drug-likeness (QED) is 0.579. The summed E-state index contributed by atoms with van der Waals surface area (Å²) in [5, 5.41) is 0. The molecule has 6 nitrogen and oxygen atoms in total. The van der Waals surface area contributed by atoms with Crippen molar-refractivity contribution >= 4 is 16.4 Å². The van der Waals surface area contributed by atoms with Gasteiger partial charge in [-0.3, -0.25) is 0 Å². The minimum atomic E-state index is -3.84. The first-order valence-corrected chi connectivity index (χ1v) is 4.99. The highest BCUT2D eigenvalue weighted by atomic mass is 32.2. The van der Waals surface area contributed by atoms with Gasteiger partial charge in [-0.2, -0.15) is 12.7 Å². The van der Waals surface area contributed by atoms with Gasteiger partial charge in [-0.1, -0.05) is 0 Å². The second kappa shape index (κ2) is 2.85. The summed E-state index contributed by atoms with van der Waals surface area (Å²) in [5.41, 5.74) is -0.706. The van der Waals surface area contributed by atoms with E-state index in [1.54, 1.807) is 20.8 Å². The number of hydrogen-bond donors (Lipinski definition) is 0. The number of carbonyl (C=O) groups excluding carboxylic acids is 1. The minimum absolute atomic E-state index is 0.267. The molecule has 0 aromatic heterocycles. The first kappa shape index (κ1) is 10.3. The van der Waals surface area contributed by atoms with Crippen molar-refractivity contribution in [3.63, 3.8) is 0 Å². The van der Waals surface area contributed by atoms with Crippen LogP contribution in [0.5, 0.6) is 0 Å². The Morgan fingerprint density at radius 2 is 2.00 bits per heavy atom. The van der Waals surface area contributed by atoms with Crippen LogP contribution in [0.3, 0.4) is 0 Å². The molecule has 76 valence electrons. The van der Waals surface area contributed by atoms with Gasteiger partial charge in [0.25, 0.3) is 0 Å². The van der Waals surface area contributed by atoms with E-state index in [-0.39, 0.29) is 6.73 Å². The molecule has 0 unspecified atom stereocenters. The van der Waals surface area contributed by atoms with Gasteiger partial charge < -0.3 is 4.74 Å². The van der Waals surface area contributed by atoms with Gasteiger partial charge in [0.2, 0.25) is 0 Å². The van der Waals surface area contributed by atoms with Gasteiger partial charge in [0.05, 0.1) is 0 Å². The Morgan fingerprint density at radius 3 is 2.23 bits per heavy atom. The van der Waals surface area contributed by atoms with Gasteiger partial charge in [-0.25, -0.2) is 8.98 Å². The van der Waals surface area contributed by atoms with E-state index in [0.717, 1.165) is 0 Å². The van der Waals surface area contributed by atoms with Crippen molar-refractivity contribution in [2.45, 2.75) is 26.4 Å². The molecule has 0 bridgehead atoms. The van der Waals surface area contributed by atoms with Crippen LogP contribution >= 0.6 is 0 Å². The van der Waals surface area contributed by atoms with Crippen molar-refractivity contribution < 1.29 is 22.1 Å². The largest absolute Gasteiger partial charge is 0.443 e. The van der Waals surface area contributed by atoms with E-state index in [1.807, 2.05) is 0 Å². The lowest BCUT2D eigenvalue weighted by molar-refractivity contribution is 0.0124. The predicted octanol–water partition coefficient (Wildman–Crippen LogP) is 0.456. The number of ether oxygens (including phenoxy) is 1. The topological polar surface area (TPSA) is 72.9 Å². The van der Waals surface area contributed by atoms with E-state index in [1.165, 1.54) is 0 Å². The normalized spacial score (nSPS) is 20.7. The zero-order valence-corrected chi connectivity index (χ0v) is 8.42. The standard InChI is InChI=1S/C6H11NO5S/c1-6(2,3)12-5(8)7-4-11-13(7,9)10/h4H2,1-3H3. The van der Waals surface area contributed by atoms with E-state index in [9.17, 15) is 13.2 Å². The molecule has 1 aliphatic rings. The van der Waals surface area contributed by atoms with Crippen LogP contribution in [0.2, 0.25) is 0 Å². The molecule has 0 N–H and O–H groups in total. The smallest absolute Gasteiger partial charge is 0.428 e. The van der Waals surface area contributed by atoms with Crippen LogP contribution < -0.4 is 0 Å². The van der Waals surface area contributed by atoms with Crippen molar-refractivity contribution in [1.29, 1.82) is 0 Å². The molecule has 7 heteroatoms. The van der Waals surface area contributed by atoms with E-state index < -0.39 is 22.0 Å². The molecule has 0 radical (unpaired) electrons. The Labute approximate surface area is 76.7 Å². The second-order valence-electron chi connectivity index (χ2n) is 3.53. The van der Waals surface area contributed by atoms with E-state index in [2.05, 4.69) is 4.18 Å². The van der Waals surface area contributed by atoms with Gasteiger partial charge in [-0.05, 0) is 20.8 Å². The summed E-state index contributed by atoms with van der Waals surface area (Å²) in [6.45, 7) is 4.69. The third-order valence-corrected chi connectivity index (χ3v) is 2.38. The highest BCUT2D eigenvalue weighted by molar-refractivity contribution is 7.85. The van der Waals surface area contributed by atoms with Gasteiger partial charge in [0, 0.05) is 0 Å². The summed E-state index contributed by atoms with van der Waals surface area (Å²) >= 11 is 0. The number of amides is 1. The molecule has 0 aromatic rings. The van der Waals surface area contributed by atoms with E-state index in [0.29, 0.717) is 4.31 Å². The number of carbonyl (C=O) groups is 1. The Kier molecular flexibility index (Phi) is 2.25. The summed E-state index contributed by atoms with van der Waals surface area (Å²) in [6.07, 6.45) is -0.904. The van der Waals surface area contributed by atoms with Crippen molar-refractivity contribution in [2.75, 3.05) is 6.73 Å². The highest BCUT2D eigenvalue weighted by Crippen LogP contribution is 2.19. The first-order chi connectivity index (χ1) is 5.72. The van der Waals surface area contributed by atoms with E-state index >= 15 is 0 Å². The maximum Gasteiger partial charge on any atom is 0.428 e. The molecular weight excluding hydrogens is 198 g/mol. The molecule has 0 aromatic carbocycles. The monoisotopic (exact) mass is 209 g/mol. The fourth-order valence-corrected chi connectivity index (χ4v) is 1.25. The molecule has 1 aliphatic heterocycles. The summed E-state index contributed by atoms with van der Waals surface area (Å²) in [4.78, 5) is 11.1. The van der Waals surface area contributed by atoms with Crippen LogP contribution in [0.1, 0.15) is 20.8 Å². The number of hydrogen-bond acceptors (Lipinski definition) is 5. The first-order valence-electron chi connectivity index (χ1n) is 3.62. The van der Waals surface area contributed by atoms with Crippen LogP contribution in [0, 0.1) is 0 Å².